The number of hydrogen-bond acceptors (Lipinski definition) is 4. The lowest BCUT2D eigenvalue weighted by molar-refractivity contribution is -0.141. The van der Waals surface area contributed by atoms with Crippen LogP contribution in [0.5, 0.6) is 0 Å². The molecule has 2 fully saturated rings. The van der Waals surface area contributed by atoms with Gasteiger partial charge in [-0.15, -0.1) is 0 Å². The average Bonchev–Trinajstić information content (AvgIpc) is 3.11. The number of carbonyl (C=O) groups excluding carboxylic acids is 1. The molecule has 7 nitrogen and oxygen atoms in total. The molecule has 1 aromatic rings. The molecule has 0 saturated carbocycles. The predicted octanol–water partition coefficient (Wildman–Crippen LogP) is 1.80. The van der Waals surface area contributed by atoms with Crippen LogP contribution in [0.4, 0.5) is 0 Å². The van der Waals surface area contributed by atoms with Crippen molar-refractivity contribution in [1.29, 1.82) is 0 Å². The Morgan fingerprint density at radius 2 is 1.73 bits per heavy atom. The first-order valence-corrected chi connectivity index (χ1v) is 10.4. The Balaban J connectivity index is 1.78. The third kappa shape index (κ3) is 3.61. The molecule has 0 radical (unpaired) electrons. The van der Waals surface area contributed by atoms with Crippen molar-refractivity contribution >= 4 is 21.9 Å². The number of sulfonamides is 1. The van der Waals surface area contributed by atoms with Crippen LogP contribution < -0.4 is 0 Å². The van der Waals surface area contributed by atoms with Crippen LogP contribution >= 0.6 is 0 Å². The molecule has 26 heavy (non-hydrogen) atoms. The Morgan fingerprint density at radius 1 is 1.08 bits per heavy atom. The maximum absolute atomic E-state index is 12.8. The van der Waals surface area contributed by atoms with Gasteiger partial charge in [-0.1, -0.05) is 6.92 Å². The highest BCUT2D eigenvalue weighted by Gasteiger charge is 2.34. The van der Waals surface area contributed by atoms with Gasteiger partial charge in [0, 0.05) is 25.2 Å². The largest absolute Gasteiger partial charge is 0.480 e. The Labute approximate surface area is 153 Å². The average molecular weight is 380 g/mol. The van der Waals surface area contributed by atoms with Gasteiger partial charge in [-0.2, -0.15) is 4.31 Å². The third-order valence-electron chi connectivity index (χ3n) is 5.16. The Kier molecular flexibility index (Phi) is 5.34. The topological polar surface area (TPSA) is 95.0 Å². The number of carboxylic acids is 1. The van der Waals surface area contributed by atoms with Crippen LogP contribution in [0.15, 0.2) is 29.2 Å². The van der Waals surface area contributed by atoms with Gasteiger partial charge >= 0.3 is 5.97 Å². The minimum atomic E-state index is -3.57. The van der Waals surface area contributed by atoms with E-state index in [-0.39, 0.29) is 10.8 Å². The molecular weight excluding hydrogens is 356 g/mol. The highest BCUT2D eigenvalue weighted by Crippen LogP contribution is 2.25. The molecule has 3 rings (SSSR count). The summed E-state index contributed by atoms with van der Waals surface area (Å²) in [5, 5.41) is 9.22. The normalized spacial score (nSPS) is 24.6. The van der Waals surface area contributed by atoms with E-state index in [0.29, 0.717) is 44.0 Å². The number of carboxylic acid groups (broad SMARTS) is 1. The highest BCUT2D eigenvalue weighted by atomic mass is 32.2. The molecule has 0 bridgehead atoms. The summed E-state index contributed by atoms with van der Waals surface area (Å²) in [6.07, 6.45) is 2.98. The van der Waals surface area contributed by atoms with Crippen molar-refractivity contribution in [3.8, 4) is 0 Å². The number of aliphatic carboxylic acids is 1. The maximum Gasteiger partial charge on any atom is 0.326 e. The fourth-order valence-electron chi connectivity index (χ4n) is 3.72. The molecule has 2 atom stereocenters. The van der Waals surface area contributed by atoms with Crippen LogP contribution in [0, 0.1) is 5.92 Å². The molecule has 2 heterocycles. The molecule has 142 valence electrons. The van der Waals surface area contributed by atoms with E-state index in [1.807, 2.05) is 6.92 Å². The first-order valence-electron chi connectivity index (χ1n) is 8.94. The molecular formula is C18H24N2O5S. The SMILES string of the molecule is CC1CCCN(S(=O)(=O)c2ccc(C(=O)N3CCCC3C(=O)O)cc2)C1. The molecule has 0 aliphatic carbocycles. The Morgan fingerprint density at radius 3 is 2.35 bits per heavy atom. The van der Waals surface area contributed by atoms with Crippen molar-refractivity contribution in [2.75, 3.05) is 19.6 Å². The van der Waals surface area contributed by atoms with Gasteiger partial charge in [0.05, 0.1) is 4.90 Å². The predicted molar refractivity (Wildman–Crippen MR) is 95.3 cm³/mol. The lowest BCUT2D eigenvalue weighted by Gasteiger charge is -2.30. The molecule has 1 aromatic carbocycles. The van der Waals surface area contributed by atoms with Gasteiger partial charge in [0.25, 0.3) is 5.91 Å². The lowest BCUT2D eigenvalue weighted by Crippen LogP contribution is -2.40. The maximum atomic E-state index is 12.8. The molecule has 8 heteroatoms. The quantitative estimate of drug-likeness (QED) is 0.859. The molecule has 2 aliphatic rings. The monoisotopic (exact) mass is 380 g/mol. The highest BCUT2D eigenvalue weighted by molar-refractivity contribution is 7.89. The van der Waals surface area contributed by atoms with Gasteiger partial charge in [-0.25, -0.2) is 13.2 Å². The summed E-state index contributed by atoms with van der Waals surface area (Å²) in [5.41, 5.74) is 0.309. The van der Waals surface area contributed by atoms with Crippen LogP contribution in [-0.4, -0.2) is 60.3 Å². The second kappa shape index (κ2) is 7.36. The number of nitrogens with zero attached hydrogens (tertiary/aromatic N) is 2. The van der Waals surface area contributed by atoms with E-state index >= 15 is 0 Å². The van der Waals surface area contributed by atoms with Crippen LogP contribution in [0.1, 0.15) is 43.0 Å². The minimum absolute atomic E-state index is 0.166. The summed E-state index contributed by atoms with van der Waals surface area (Å²) in [5.74, 6) is -1.04. The molecule has 1 N–H and O–H groups in total. The van der Waals surface area contributed by atoms with Crippen LogP contribution in [-0.2, 0) is 14.8 Å². The number of carbonyl (C=O) groups is 2. The molecule has 0 aromatic heterocycles. The van der Waals surface area contributed by atoms with E-state index in [1.165, 1.54) is 33.5 Å². The number of piperidine rings is 1. The Bertz CT molecular complexity index is 790. The fraction of sp³-hybridized carbons (Fsp3) is 0.556. The number of amides is 1. The van der Waals surface area contributed by atoms with E-state index in [1.54, 1.807) is 0 Å². The smallest absolute Gasteiger partial charge is 0.326 e. The standard InChI is InChI=1S/C18H24N2O5S/c1-13-4-2-10-19(12-13)26(24,25)15-8-6-14(7-9-15)17(21)20-11-3-5-16(20)18(22)23/h6-9,13,16H,2-5,10-12H2,1H3,(H,22,23). The summed E-state index contributed by atoms with van der Waals surface area (Å²) in [4.78, 5) is 25.3. The molecule has 1 amide bonds. The van der Waals surface area contributed by atoms with Gasteiger partial charge in [-0.05, 0) is 55.9 Å². The van der Waals surface area contributed by atoms with E-state index in [0.717, 1.165) is 12.8 Å². The summed E-state index contributed by atoms with van der Waals surface area (Å²) in [7, 11) is -3.57. The second-order valence-corrected chi connectivity index (χ2v) is 9.07. The summed E-state index contributed by atoms with van der Waals surface area (Å²) in [6, 6.07) is 5.02. The summed E-state index contributed by atoms with van der Waals surface area (Å²) >= 11 is 0. The van der Waals surface area contributed by atoms with E-state index in [2.05, 4.69) is 0 Å². The zero-order valence-electron chi connectivity index (χ0n) is 14.8. The van der Waals surface area contributed by atoms with Crippen LogP contribution in [0.2, 0.25) is 0 Å². The molecule has 2 saturated heterocycles. The molecule has 2 unspecified atom stereocenters. The number of likely N-dealkylation sites (tertiary alicyclic amines) is 1. The second-order valence-electron chi connectivity index (χ2n) is 7.13. The summed E-state index contributed by atoms with van der Waals surface area (Å²) < 4.78 is 27.0. The van der Waals surface area contributed by atoms with Crippen molar-refractivity contribution < 1.29 is 23.1 Å². The van der Waals surface area contributed by atoms with Gasteiger partial charge in [-0.3, -0.25) is 4.79 Å². The Hall–Kier alpha value is -1.93. The fourth-order valence-corrected chi connectivity index (χ4v) is 5.31. The van der Waals surface area contributed by atoms with E-state index < -0.39 is 22.0 Å². The summed E-state index contributed by atoms with van der Waals surface area (Å²) in [6.45, 7) is 3.47. The number of benzene rings is 1. The van der Waals surface area contributed by atoms with Crippen molar-refractivity contribution in [3.63, 3.8) is 0 Å². The first-order chi connectivity index (χ1) is 12.3. The number of hydrogen-bond donors (Lipinski definition) is 1. The first kappa shape index (κ1) is 18.8. The lowest BCUT2D eigenvalue weighted by atomic mass is 10.0. The number of rotatable bonds is 4. The minimum Gasteiger partial charge on any atom is -0.480 e. The zero-order valence-corrected chi connectivity index (χ0v) is 15.6. The van der Waals surface area contributed by atoms with E-state index in [4.69, 9.17) is 0 Å². The molecule has 2 aliphatic heterocycles. The van der Waals surface area contributed by atoms with Crippen molar-refractivity contribution in [1.82, 2.24) is 9.21 Å². The van der Waals surface area contributed by atoms with Gasteiger partial charge in [0.1, 0.15) is 6.04 Å². The van der Waals surface area contributed by atoms with Gasteiger partial charge in [0.15, 0.2) is 0 Å². The van der Waals surface area contributed by atoms with E-state index in [9.17, 15) is 23.1 Å². The third-order valence-corrected chi connectivity index (χ3v) is 7.04. The van der Waals surface area contributed by atoms with Gasteiger partial charge in [0.2, 0.25) is 10.0 Å². The van der Waals surface area contributed by atoms with Crippen molar-refractivity contribution in [2.45, 2.75) is 43.5 Å². The molecule has 0 spiro atoms. The van der Waals surface area contributed by atoms with Crippen molar-refractivity contribution in [3.05, 3.63) is 29.8 Å². The van der Waals surface area contributed by atoms with Gasteiger partial charge < -0.3 is 10.0 Å². The van der Waals surface area contributed by atoms with Crippen LogP contribution in [0.25, 0.3) is 0 Å². The van der Waals surface area contributed by atoms with Crippen molar-refractivity contribution in [2.24, 2.45) is 5.92 Å². The van der Waals surface area contributed by atoms with Crippen LogP contribution in [0.3, 0.4) is 0 Å². The zero-order chi connectivity index (χ0) is 18.9.